The van der Waals surface area contributed by atoms with E-state index in [0.29, 0.717) is 12.4 Å². The summed E-state index contributed by atoms with van der Waals surface area (Å²) in [5, 5.41) is 3.19. The van der Waals surface area contributed by atoms with Crippen LogP contribution in [0.4, 0.5) is 11.6 Å². The molecular weight excluding hydrogens is 293 g/mol. The Balaban J connectivity index is 0.00000108. The molecule has 0 amide bonds. The Labute approximate surface area is 124 Å². The molecule has 0 fully saturated rings. The van der Waals surface area contributed by atoms with E-state index >= 15 is 0 Å². The SMILES string of the molecule is [Y].[c-]1nc2c(c(NCc3ccco3)n1)CC=N2. The van der Waals surface area contributed by atoms with Crippen LogP contribution in [0.25, 0.3) is 0 Å². The van der Waals surface area contributed by atoms with Gasteiger partial charge in [-0.3, -0.25) is 0 Å². The summed E-state index contributed by atoms with van der Waals surface area (Å²) in [5.74, 6) is 2.35. The first-order valence-electron chi connectivity index (χ1n) is 4.99. The number of hydrogen-bond acceptors (Lipinski definition) is 5. The topological polar surface area (TPSA) is 63.3 Å². The number of anilines is 1. The predicted molar refractivity (Wildman–Crippen MR) is 58.8 cm³/mol. The molecule has 0 saturated heterocycles. The summed E-state index contributed by atoms with van der Waals surface area (Å²) in [7, 11) is 0. The van der Waals surface area contributed by atoms with Crippen molar-refractivity contribution in [2.24, 2.45) is 4.99 Å². The molecule has 0 saturated carbocycles. The van der Waals surface area contributed by atoms with Gasteiger partial charge in [-0.05, 0) is 24.8 Å². The largest absolute Gasteiger partial charge is 0.468 e. The summed E-state index contributed by atoms with van der Waals surface area (Å²) < 4.78 is 5.23. The van der Waals surface area contributed by atoms with Crippen LogP contribution < -0.4 is 5.32 Å². The van der Waals surface area contributed by atoms with Gasteiger partial charge in [-0.1, -0.05) is 5.56 Å². The second-order valence-electron chi connectivity index (χ2n) is 3.42. The number of rotatable bonds is 3. The molecule has 0 bridgehead atoms. The van der Waals surface area contributed by atoms with E-state index in [1.54, 1.807) is 6.26 Å². The maximum Gasteiger partial charge on any atom is 0.121 e. The molecule has 0 unspecified atom stereocenters. The monoisotopic (exact) mass is 302 g/mol. The van der Waals surface area contributed by atoms with Crippen LogP contribution in [0.1, 0.15) is 11.3 Å². The number of hydrogen-bond donors (Lipinski definition) is 1. The number of nitrogens with one attached hydrogen (secondary N) is 1. The minimum Gasteiger partial charge on any atom is -0.468 e. The Morgan fingerprint density at radius 1 is 1.41 bits per heavy atom. The van der Waals surface area contributed by atoms with Gasteiger partial charge in [0.25, 0.3) is 0 Å². The fourth-order valence-corrected chi connectivity index (χ4v) is 1.61. The normalized spacial score (nSPS) is 12.0. The standard InChI is InChI=1S/C11H9N4O.Y/c1-2-8(16-5-1)6-13-11-9-3-4-12-10(9)14-7-15-11;/h1-2,4-5H,3,6H2,(H,13,14,15);/q-1;. The first kappa shape index (κ1) is 12.4. The van der Waals surface area contributed by atoms with Crippen LogP contribution >= 0.6 is 0 Å². The molecule has 0 aliphatic carbocycles. The van der Waals surface area contributed by atoms with Crippen molar-refractivity contribution in [2.45, 2.75) is 13.0 Å². The minimum absolute atomic E-state index is 0. The quantitative estimate of drug-likeness (QED) is 0.877. The van der Waals surface area contributed by atoms with E-state index in [4.69, 9.17) is 4.42 Å². The van der Waals surface area contributed by atoms with Crippen molar-refractivity contribution in [3.63, 3.8) is 0 Å². The predicted octanol–water partition coefficient (Wildman–Crippen LogP) is 1.74. The van der Waals surface area contributed by atoms with Gasteiger partial charge in [0.15, 0.2) is 0 Å². The molecule has 1 N–H and O–H groups in total. The Bertz CT molecular complexity index is 524. The summed E-state index contributed by atoms with van der Waals surface area (Å²) in [6.45, 7) is 0.601. The molecule has 1 aliphatic rings. The van der Waals surface area contributed by atoms with Crippen molar-refractivity contribution in [2.75, 3.05) is 5.32 Å². The van der Waals surface area contributed by atoms with E-state index < -0.39 is 0 Å². The van der Waals surface area contributed by atoms with Crippen molar-refractivity contribution >= 4 is 17.9 Å². The van der Waals surface area contributed by atoms with Crippen LogP contribution in [0.2, 0.25) is 0 Å². The maximum absolute atomic E-state index is 5.23. The second kappa shape index (κ2) is 5.51. The van der Waals surface area contributed by atoms with Gasteiger partial charge in [-0.15, -0.1) is 0 Å². The molecule has 1 aliphatic heterocycles. The van der Waals surface area contributed by atoms with E-state index in [0.717, 1.165) is 23.6 Å². The second-order valence-corrected chi connectivity index (χ2v) is 3.42. The van der Waals surface area contributed by atoms with E-state index in [9.17, 15) is 0 Å². The number of furan rings is 1. The summed E-state index contributed by atoms with van der Waals surface area (Å²) in [6, 6.07) is 3.77. The van der Waals surface area contributed by atoms with Crippen molar-refractivity contribution < 1.29 is 37.1 Å². The summed E-state index contributed by atoms with van der Waals surface area (Å²) in [6.07, 6.45) is 6.83. The van der Waals surface area contributed by atoms with E-state index in [-0.39, 0.29) is 32.7 Å². The van der Waals surface area contributed by atoms with E-state index in [1.807, 2.05) is 18.3 Å². The minimum atomic E-state index is 0. The molecule has 83 valence electrons. The molecule has 3 rings (SSSR count). The van der Waals surface area contributed by atoms with Crippen molar-refractivity contribution in [1.82, 2.24) is 9.97 Å². The average Bonchev–Trinajstić information content (AvgIpc) is 2.97. The number of nitrogens with zero attached hydrogens (tertiary/aromatic N) is 3. The van der Waals surface area contributed by atoms with Crippen LogP contribution in [0.5, 0.6) is 0 Å². The zero-order valence-corrected chi connectivity index (χ0v) is 11.9. The molecular formula is C11H9N4OY-. The van der Waals surface area contributed by atoms with Crippen LogP contribution in [0, 0.1) is 6.33 Å². The third kappa shape index (κ3) is 2.61. The molecule has 1 radical (unpaired) electrons. The zero-order chi connectivity index (χ0) is 10.8. The van der Waals surface area contributed by atoms with Gasteiger partial charge in [-0.2, -0.15) is 0 Å². The molecule has 0 atom stereocenters. The molecule has 17 heavy (non-hydrogen) atoms. The number of aliphatic imine (C=N–C) groups is 1. The molecule has 6 heteroatoms. The Kier molecular flexibility index (Phi) is 4.02. The molecule has 0 aromatic carbocycles. The number of aromatic nitrogens is 2. The van der Waals surface area contributed by atoms with Gasteiger partial charge in [0, 0.05) is 50.7 Å². The van der Waals surface area contributed by atoms with Crippen LogP contribution in [-0.2, 0) is 45.7 Å². The fourth-order valence-electron chi connectivity index (χ4n) is 1.61. The molecule has 2 aromatic heterocycles. The van der Waals surface area contributed by atoms with Gasteiger partial charge in [-0.25, -0.2) is 0 Å². The van der Waals surface area contributed by atoms with Crippen LogP contribution in [-0.4, -0.2) is 16.2 Å². The molecule has 0 spiro atoms. The smallest absolute Gasteiger partial charge is 0.121 e. The van der Waals surface area contributed by atoms with Gasteiger partial charge in [0.1, 0.15) is 5.76 Å². The van der Waals surface area contributed by atoms with Gasteiger partial charge in [0.2, 0.25) is 0 Å². The first-order valence-corrected chi connectivity index (χ1v) is 4.99. The molecule has 2 aromatic rings. The third-order valence-electron chi connectivity index (χ3n) is 2.39. The zero-order valence-electron chi connectivity index (χ0n) is 9.05. The van der Waals surface area contributed by atoms with Crippen LogP contribution in [0.3, 0.4) is 0 Å². The Hall–Kier alpha value is -1.07. The van der Waals surface area contributed by atoms with Gasteiger partial charge >= 0.3 is 0 Å². The summed E-state index contributed by atoms with van der Waals surface area (Å²) in [4.78, 5) is 12.2. The summed E-state index contributed by atoms with van der Waals surface area (Å²) in [5.41, 5.74) is 1.02. The van der Waals surface area contributed by atoms with Crippen molar-refractivity contribution in [3.8, 4) is 0 Å². The fraction of sp³-hybridized carbons (Fsp3) is 0.182. The van der Waals surface area contributed by atoms with E-state index in [2.05, 4.69) is 26.6 Å². The van der Waals surface area contributed by atoms with Gasteiger partial charge in [0.05, 0.1) is 12.8 Å². The maximum atomic E-state index is 5.23. The summed E-state index contributed by atoms with van der Waals surface area (Å²) >= 11 is 0. The Morgan fingerprint density at radius 3 is 3.18 bits per heavy atom. The Morgan fingerprint density at radius 2 is 2.35 bits per heavy atom. The molecule has 5 nitrogen and oxygen atoms in total. The first-order chi connectivity index (χ1) is 7.93. The number of fused-ring (bicyclic) bond motifs is 1. The van der Waals surface area contributed by atoms with Crippen molar-refractivity contribution in [3.05, 3.63) is 36.0 Å². The van der Waals surface area contributed by atoms with Crippen molar-refractivity contribution in [1.29, 1.82) is 0 Å². The molecule has 3 heterocycles. The van der Waals surface area contributed by atoms with Crippen LogP contribution in [0.15, 0.2) is 27.8 Å². The van der Waals surface area contributed by atoms with Gasteiger partial charge < -0.3 is 24.7 Å². The van der Waals surface area contributed by atoms with E-state index in [1.165, 1.54) is 0 Å². The average molecular weight is 302 g/mol. The third-order valence-corrected chi connectivity index (χ3v) is 2.39.